The molecule has 25 heavy (non-hydrogen) atoms. The highest BCUT2D eigenvalue weighted by Crippen LogP contribution is 2.43. The van der Waals surface area contributed by atoms with Crippen LogP contribution in [0.5, 0.6) is 0 Å². The average molecular weight is 353 g/mol. The van der Waals surface area contributed by atoms with Crippen molar-refractivity contribution >= 4 is 5.97 Å². The molecule has 2 rings (SSSR count). The molecule has 0 radical (unpaired) electrons. The largest absolute Gasteiger partial charge is 0.461 e. The van der Waals surface area contributed by atoms with Gasteiger partial charge in [-0.2, -0.15) is 0 Å². The summed E-state index contributed by atoms with van der Waals surface area (Å²) in [7, 11) is 0. The molecule has 3 nitrogen and oxygen atoms in total. The predicted octanol–water partition coefficient (Wildman–Crippen LogP) is 5.61. The van der Waals surface area contributed by atoms with Crippen molar-refractivity contribution in [3.05, 3.63) is 0 Å². The van der Waals surface area contributed by atoms with Crippen LogP contribution in [0, 0.1) is 29.1 Å². The Morgan fingerprint density at radius 1 is 1.16 bits per heavy atom. The van der Waals surface area contributed by atoms with E-state index in [1.54, 1.807) is 0 Å². The van der Waals surface area contributed by atoms with E-state index in [1.165, 1.54) is 19.3 Å². The second-order valence-electron chi connectivity index (χ2n) is 9.69. The molecule has 0 spiro atoms. The van der Waals surface area contributed by atoms with Crippen LogP contribution < -0.4 is 0 Å². The van der Waals surface area contributed by atoms with Crippen molar-refractivity contribution in [2.75, 3.05) is 6.61 Å². The molecule has 0 aliphatic heterocycles. The molecule has 146 valence electrons. The molecule has 2 saturated carbocycles. The van der Waals surface area contributed by atoms with Crippen LogP contribution in [0.25, 0.3) is 0 Å². The number of hydrogen-bond acceptors (Lipinski definition) is 3. The van der Waals surface area contributed by atoms with Gasteiger partial charge >= 0.3 is 5.97 Å². The molecular weight excluding hydrogens is 312 g/mol. The minimum absolute atomic E-state index is 0.0726. The van der Waals surface area contributed by atoms with Gasteiger partial charge in [-0.15, -0.1) is 0 Å². The molecule has 2 aliphatic carbocycles. The summed E-state index contributed by atoms with van der Waals surface area (Å²) in [5.41, 5.74) is 0.297. The van der Waals surface area contributed by atoms with Crippen molar-refractivity contribution in [1.29, 1.82) is 0 Å². The third-order valence-corrected chi connectivity index (χ3v) is 7.04. The highest BCUT2D eigenvalue weighted by Gasteiger charge is 2.37. The Bertz CT molecular complexity index is 431. The fraction of sp³-hybridized carbons (Fsp3) is 0.955. The van der Waals surface area contributed by atoms with Crippen LogP contribution in [0.2, 0.25) is 0 Å². The van der Waals surface area contributed by atoms with Crippen LogP contribution in [0.4, 0.5) is 0 Å². The lowest BCUT2D eigenvalue weighted by Gasteiger charge is -2.41. The zero-order valence-corrected chi connectivity index (χ0v) is 17.3. The first kappa shape index (κ1) is 20.7. The summed E-state index contributed by atoms with van der Waals surface area (Å²) in [5.74, 6) is 2.34. The molecule has 0 aromatic heterocycles. The predicted molar refractivity (Wildman–Crippen MR) is 102 cm³/mol. The molecule has 0 bridgehead atoms. The first-order chi connectivity index (χ1) is 11.7. The summed E-state index contributed by atoms with van der Waals surface area (Å²) in [6.07, 6.45) is 8.25. The van der Waals surface area contributed by atoms with E-state index in [9.17, 15) is 4.79 Å². The van der Waals surface area contributed by atoms with E-state index in [0.29, 0.717) is 29.1 Å². The van der Waals surface area contributed by atoms with Gasteiger partial charge in [0, 0.05) is 0 Å². The molecule has 0 heterocycles. The van der Waals surface area contributed by atoms with Crippen molar-refractivity contribution in [3.63, 3.8) is 0 Å². The Hall–Kier alpha value is -0.570. The van der Waals surface area contributed by atoms with Crippen molar-refractivity contribution in [2.45, 2.75) is 98.7 Å². The van der Waals surface area contributed by atoms with Crippen LogP contribution in [0.3, 0.4) is 0 Å². The number of esters is 1. The van der Waals surface area contributed by atoms with Gasteiger partial charge in [-0.05, 0) is 67.6 Å². The van der Waals surface area contributed by atoms with Gasteiger partial charge in [0.2, 0.25) is 0 Å². The Morgan fingerprint density at radius 2 is 1.88 bits per heavy atom. The normalized spacial score (nSPS) is 36.6. The van der Waals surface area contributed by atoms with Gasteiger partial charge in [0.1, 0.15) is 12.7 Å². The summed E-state index contributed by atoms with van der Waals surface area (Å²) in [5, 5.41) is 0. The van der Waals surface area contributed by atoms with Crippen LogP contribution >= 0.6 is 0 Å². The van der Waals surface area contributed by atoms with E-state index in [4.69, 9.17) is 9.47 Å². The van der Waals surface area contributed by atoms with E-state index in [-0.39, 0.29) is 24.8 Å². The summed E-state index contributed by atoms with van der Waals surface area (Å²) < 4.78 is 11.8. The Labute approximate surface area is 155 Å². The lowest BCUT2D eigenvalue weighted by atomic mass is 9.67. The second kappa shape index (κ2) is 8.88. The summed E-state index contributed by atoms with van der Waals surface area (Å²) in [6, 6.07) is 0. The number of hydrogen-bond donors (Lipinski definition) is 0. The molecule has 3 heteroatoms. The van der Waals surface area contributed by atoms with Crippen LogP contribution in [-0.2, 0) is 14.3 Å². The molecule has 5 unspecified atom stereocenters. The summed E-state index contributed by atoms with van der Waals surface area (Å²) in [4.78, 5) is 12.3. The van der Waals surface area contributed by atoms with E-state index < -0.39 is 0 Å². The lowest BCUT2D eigenvalue weighted by molar-refractivity contribution is -0.163. The zero-order chi connectivity index (χ0) is 18.6. The molecule has 0 amide bonds. The zero-order valence-electron chi connectivity index (χ0n) is 17.3. The van der Waals surface area contributed by atoms with Crippen molar-refractivity contribution < 1.29 is 14.3 Å². The van der Waals surface area contributed by atoms with Gasteiger partial charge in [-0.3, -0.25) is 0 Å². The number of carbonyl (C=O) groups excluding carboxylic acids is 1. The van der Waals surface area contributed by atoms with Gasteiger partial charge in [0.05, 0.1) is 6.10 Å². The van der Waals surface area contributed by atoms with Gasteiger partial charge < -0.3 is 9.47 Å². The number of rotatable bonds is 6. The van der Waals surface area contributed by atoms with E-state index in [0.717, 1.165) is 25.7 Å². The quantitative estimate of drug-likeness (QED) is 0.583. The maximum absolute atomic E-state index is 12.3. The standard InChI is InChI=1S/C22H40O3/c1-15(2)19-10-9-17(5)12-20(19)24-14-21(23)25-18-8-7-11-22(6,13-18)16(3)4/h15-20H,7-14H2,1-6H3. The van der Waals surface area contributed by atoms with Gasteiger partial charge in [0.15, 0.2) is 0 Å². The first-order valence-electron chi connectivity index (χ1n) is 10.5. The highest BCUT2D eigenvalue weighted by molar-refractivity contribution is 5.70. The molecule has 0 aromatic carbocycles. The smallest absolute Gasteiger partial charge is 0.332 e. The monoisotopic (exact) mass is 352 g/mol. The summed E-state index contributed by atoms with van der Waals surface area (Å²) in [6.45, 7) is 13.8. The fourth-order valence-electron chi connectivity index (χ4n) is 4.78. The third-order valence-electron chi connectivity index (χ3n) is 7.04. The molecule has 2 aliphatic rings. The van der Waals surface area contributed by atoms with Gasteiger partial charge in [0.25, 0.3) is 0 Å². The van der Waals surface area contributed by atoms with E-state index >= 15 is 0 Å². The average Bonchev–Trinajstić information content (AvgIpc) is 2.52. The minimum atomic E-state index is -0.168. The topological polar surface area (TPSA) is 35.5 Å². The summed E-state index contributed by atoms with van der Waals surface area (Å²) >= 11 is 0. The Kier molecular flexibility index (Phi) is 7.37. The number of ether oxygens (including phenoxy) is 2. The maximum atomic E-state index is 12.3. The molecular formula is C22H40O3. The molecule has 0 N–H and O–H groups in total. The van der Waals surface area contributed by atoms with Crippen LogP contribution in [0.1, 0.15) is 86.5 Å². The molecule has 5 atom stereocenters. The Morgan fingerprint density at radius 3 is 2.52 bits per heavy atom. The molecule has 2 fully saturated rings. The first-order valence-corrected chi connectivity index (χ1v) is 10.5. The van der Waals surface area contributed by atoms with Gasteiger partial charge in [-0.1, -0.05) is 48.0 Å². The van der Waals surface area contributed by atoms with Crippen LogP contribution in [0.15, 0.2) is 0 Å². The van der Waals surface area contributed by atoms with Crippen LogP contribution in [-0.4, -0.2) is 24.8 Å². The van der Waals surface area contributed by atoms with Crippen molar-refractivity contribution in [3.8, 4) is 0 Å². The lowest BCUT2D eigenvalue weighted by Crippen LogP contribution is -2.38. The van der Waals surface area contributed by atoms with E-state index in [1.807, 2.05) is 0 Å². The maximum Gasteiger partial charge on any atom is 0.332 e. The van der Waals surface area contributed by atoms with Gasteiger partial charge in [-0.25, -0.2) is 4.79 Å². The fourth-order valence-corrected chi connectivity index (χ4v) is 4.78. The highest BCUT2D eigenvalue weighted by atomic mass is 16.6. The molecule has 0 saturated heterocycles. The Balaban J connectivity index is 1.81. The third kappa shape index (κ3) is 5.70. The SMILES string of the molecule is CC1CCC(C(C)C)C(OCC(=O)OC2CCCC(C)(C(C)C)C2)C1. The van der Waals surface area contributed by atoms with E-state index in [2.05, 4.69) is 41.5 Å². The molecule has 0 aromatic rings. The van der Waals surface area contributed by atoms with Crippen molar-refractivity contribution in [2.24, 2.45) is 29.1 Å². The minimum Gasteiger partial charge on any atom is -0.461 e. The number of carbonyl (C=O) groups is 1. The second-order valence-corrected chi connectivity index (χ2v) is 9.69. The van der Waals surface area contributed by atoms with Crippen molar-refractivity contribution in [1.82, 2.24) is 0 Å².